The van der Waals surface area contributed by atoms with Crippen LogP contribution in [-0.2, 0) is 19.4 Å². The molecule has 6 heteroatoms. The lowest BCUT2D eigenvalue weighted by atomic mass is 9.90. The largest absolute Gasteiger partial charge is 0.365 e. The molecule has 23 heavy (non-hydrogen) atoms. The van der Waals surface area contributed by atoms with Gasteiger partial charge in [-0.25, -0.2) is 0 Å². The van der Waals surface area contributed by atoms with E-state index in [0.29, 0.717) is 0 Å². The van der Waals surface area contributed by atoms with Gasteiger partial charge in [0, 0.05) is 28.0 Å². The highest BCUT2D eigenvalue weighted by Crippen LogP contribution is 2.29. The normalized spacial score (nSPS) is 17.0. The van der Waals surface area contributed by atoms with Crippen LogP contribution in [0.2, 0.25) is 0 Å². The van der Waals surface area contributed by atoms with Crippen molar-refractivity contribution in [1.29, 1.82) is 0 Å². The van der Waals surface area contributed by atoms with Gasteiger partial charge in [0.2, 0.25) is 0 Å². The second-order valence-corrected chi connectivity index (χ2v) is 7.11. The first kappa shape index (κ1) is 16.0. The predicted octanol–water partition coefficient (Wildman–Crippen LogP) is 2.26. The zero-order valence-electron chi connectivity index (χ0n) is 13.1. The molecular formula is C17H21N3O2S. The first-order valence-corrected chi connectivity index (χ1v) is 8.77. The second kappa shape index (κ2) is 6.68. The monoisotopic (exact) mass is 331 g/mol. The third-order valence-electron chi connectivity index (χ3n) is 4.31. The first-order chi connectivity index (χ1) is 11.1. The van der Waals surface area contributed by atoms with Crippen LogP contribution >= 0.6 is 11.3 Å². The van der Waals surface area contributed by atoms with Crippen LogP contribution < -0.4 is 16.6 Å². The summed E-state index contributed by atoms with van der Waals surface area (Å²) in [5.41, 5.74) is 6.87. The van der Waals surface area contributed by atoms with Crippen molar-refractivity contribution < 1.29 is 4.79 Å². The molecular weight excluding hydrogens is 310 g/mol. The SMILES string of the molecule is CCc1ccc(CN[C@@H]2CCCc3[nH]c(=O)c(C(N)=O)cc32)s1. The Kier molecular flexibility index (Phi) is 4.63. The number of hydrogen-bond acceptors (Lipinski definition) is 4. The van der Waals surface area contributed by atoms with Crippen LogP contribution in [0.3, 0.4) is 0 Å². The topological polar surface area (TPSA) is 88.0 Å². The van der Waals surface area contributed by atoms with Crippen molar-refractivity contribution in [1.82, 2.24) is 10.3 Å². The van der Waals surface area contributed by atoms with Gasteiger partial charge >= 0.3 is 0 Å². The first-order valence-electron chi connectivity index (χ1n) is 7.95. The number of nitrogens with two attached hydrogens (primary N) is 1. The van der Waals surface area contributed by atoms with E-state index in [2.05, 4.69) is 29.4 Å². The Balaban J connectivity index is 1.81. The molecule has 0 spiro atoms. The Bertz CT molecular complexity index is 778. The summed E-state index contributed by atoms with van der Waals surface area (Å²) in [6.07, 6.45) is 3.89. The summed E-state index contributed by atoms with van der Waals surface area (Å²) in [5, 5.41) is 3.55. The van der Waals surface area contributed by atoms with Crippen LogP contribution in [0.4, 0.5) is 0 Å². The summed E-state index contributed by atoms with van der Waals surface area (Å²) < 4.78 is 0. The molecule has 2 aromatic heterocycles. The van der Waals surface area contributed by atoms with Crippen LogP contribution in [0.15, 0.2) is 23.0 Å². The number of thiophene rings is 1. The zero-order valence-corrected chi connectivity index (χ0v) is 14.0. The van der Waals surface area contributed by atoms with E-state index in [-0.39, 0.29) is 17.2 Å². The molecule has 0 bridgehead atoms. The van der Waals surface area contributed by atoms with Crippen molar-refractivity contribution in [2.75, 3.05) is 0 Å². The average Bonchev–Trinajstić information content (AvgIpc) is 2.99. The number of fused-ring (bicyclic) bond motifs is 1. The quantitative estimate of drug-likeness (QED) is 0.785. The number of pyridine rings is 1. The van der Waals surface area contributed by atoms with E-state index in [1.807, 2.05) is 11.3 Å². The van der Waals surface area contributed by atoms with Crippen LogP contribution in [0.25, 0.3) is 0 Å². The maximum absolute atomic E-state index is 11.9. The van der Waals surface area contributed by atoms with E-state index < -0.39 is 5.91 Å². The highest BCUT2D eigenvalue weighted by atomic mass is 32.1. The molecule has 1 atom stereocenters. The van der Waals surface area contributed by atoms with Crippen molar-refractivity contribution in [3.63, 3.8) is 0 Å². The number of rotatable bonds is 5. The van der Waals surface area contributed by atoms with Crippen molar-refractivity contribution >= 4 is 17.2 Å². The third kappa shape index (κ3) is 3.38. The molecule has 0 fully saturated rings. The Morgan fingerprint density at radius 3 is 2.91 bits per heavy atom. The molecule has 3 rings (SSSR count). The highest BCUT2D eigenvalue weighted by molar-refractivity contribution is 7.11. The molecule has 0 radical (unpaired) electrons. The van der Waals surface area contributed by atoms with Gasteiger partial charge in [0.15, 0.2) is 0 Å². The lowest BCUT2D eigenvalue weighted by Crippen LogP contribution is -2.31. The molecule has 0 aromatic carbocycles. The molecule has 0 saturated heterocycles. The smallest absolute Gasteiger partial charge is 0.261 e. The van der Waals surface area contributed by atoms with E-state index in [9.17, 15) is 9.59 Å². The zero-order chi connectivity index (χ0) is 16.4. The molecule has 122 valence electrons. The Morgan fingerprint density at radius 1 is 1.43 bits per heavy atom. The van der Waals surface area contributed by atoms with Gasteiger partial charge in [0.25, 0.3) is 11.5 Å². The Hall–Kier alpha value is -1.92. The molecule has 1 aliphatic rings. The average molecular weight is 331 g/mol. The fourth-order valence-corrected chi connectivity index (χ4v) is 3.98. The van der Waals surface area contributed by atoms with E-state index in [1.54, 1.807) is 6.07 Å². The van der Waals surface area contributed by atoms with Crippen molar-refractivity contribution in [3.8, 4) is 0 Å². The standard InChI is InChI=1S/C17H21N3O2S/c1-2-10-6-7-11(23-10)9-19-14-4-3-5-15-12(14)8-13(16(18)21)17(22)20-15/h6-8,14,19H,2-5,9H2,1H3,(H2,18,21)(H,20,22)/t14-/m1/s1. The minimum atomic E-state index is -0.677. The maximum Gasteiger partial charge on any atom is 0.261 e. The summed E-state index contributed by atoms with van der Waals surface area (Å²) in [4.78, 5) is 28.8. The molecule has 2 aromatic rings. The van der Waals surface area contributed by atoms with Crippen LogP contribution in [-0.4, -0.2) is 10.9 Å². The lowest BCUT2D eigenvalue weighted by Gasteiger charge is -2.26. The maximum atomic E-state index is 11.9. The fourth-order valence-electron chi connectivity index (χ4n) is 3.07. The van der Waals surface area contributed by atoms with Gasteiger partial charge in [0.05, 0.1) is 0 Å². The molecule has 2 heterocycles. The molecule has 0 aliphatic heterocycles. The Labute approximate surface area is 138 Å². The van der Waals surface area contributed by atoms with Gasteiger partial charge in [-0.1, -0.05) is 6.92 Å². The molecule has 1 amide bonds. The summed E-state index contributed by atoms with van der Waals surface area (Å²) in [7, 11) is 0. The summed E-state index contributed by atoms with van der Waals surface area (Å²) >= 11 is 1.82. The number of carbonyl (C=O) groups excluding carboxylic acids is 1. The van der Waals surface area contributed by atoms with Crippen molar-refractivity contribution in [2.45, 2.75) is 45.2 Å². The Morgan fingerprint density at radius 2 is 2.22 bits per heavy atom. The van der Waals surface area contributed by atoms with Gasteiger partial charge in [-0.3, -0.25) is 9.59 Å². The number of carbonyl (C=O) groups is 1. The molecule has 5 nitrogen and oxygen atoms in total. The van der Waals surface area contributed by atoms with E-state index >= 15 is 0 Å². The molecule has 0 saturated carbocycles. The number of aromatic nitrogens is 1. The number of H-pyrrole nitrogens is 1. The second-order valence-electron chi connectivity index (χ2n) is 5.86. The van der Waals surface area contributed by atoms with E-state index in [0.717, 1.165) is 43.5 Å². The van der Waals surface area contributed by atoms with Crippen molar-refractivity contribution in [3.05, 3.63) is 55.1 Å². The molecule has 1 aliphatic carbocycles. The summed E-state index contributed by atoms with van der Waals surface area (Å²) in [6.45, 7) is 2.95. The molecule has 0 unspecified atom stereocenters. The van der Waals surface area contributed by atoms with E-state index in [4.69, 9.17) is 5.73 Å². The van der Waals surface area contributed by atoms with Crippen molar-refractivity contribution in [2.24, 2.45) is 5.73 Å². The van der Waals surface area contributed by atoms with Crippen LogP contribution in [0, 0.1) is 0 Å². The predicted molar refractivity (Wildman–Crippen MR) is 91.8 cm³/mol. The number of nitrogens with one attached hydrogen (secondary N) is 2. The summed E-state index contributed by atoms with van der Waals surface area (Å²) in [5.74, 6) is -0.677. The fraction of sp³-hybridized carbons (Fsp3) is 0.412. The highest BCUT2D eigenvalue weighted by Gasteiger charge is 2.23. The summed E-state index contributed by atoms with van der Waals surface area (Å²) in [6, 6.07) is 6.13. The number of hydrogen-bond donors (Lipinski definition) is 3. The van der Waals surface area contributed by atoms with Gasteiger partial charge in [-0.2, -0.15) is 0 Å². The van der Waals surface area contributed by atoms with Gasteiger partial charge in [-0.15, -0.1) is 11.3 Å². The van der Waals surface area contributed by atoms with Crippen LogP contribution in [0.1, 0.15) is 57.2 Å². The van der Waals surface area contributed by atoms with E-state index in [1.165, 1.54) is 9.75 Å². The van der Waals surface area contributed by atoms with Gasteiger partial charge in [-0.05, 0) is 49.4 Å². The number of primary amides is 1. The lowest BCUT2D eigenvalue weighted by molar-refractivity contribution is 0.0998. The van der Waals surface area contributed by atoms with Gasteiger partial charge in [0.1, 0.15) is 5.56 Å². The van der Waals surface area contributed by atoms with Gasteiger partial charge < -0.3 is 16.0 Å². The number of aryl methyl sites for hydroxylation is 2. The number of amides is 1. The minimum Gasteiger partial charge on any atom is -0.365 e. The molecule has 4 N–H and O–H groups in total. The van der Waals surface area contributed by atoms with Crippen LogP contribution in [0.5, 0.6) is 0 Å². The number of aromatic amines is 1. The minimum absolute atomic E-state index is 0.0434. The third-order valence-corrected chi connectivity index (χ3v) is 5.54.